The molecular weight excluding hydrogens is 250 g/mol. The number of nitrogens with two attached hydrogens (primary N) is 1. The minimum atomic E-state index is -0.0572. The number of hydrogen-bond donors (Lipinski definition) is 1. The van der Waals surface area contributed by atoms with Gasteiger partial charge in [-0.2, -0.15) is 10.2 Å². The van der Waals surface area contributed by atoms with E-state index in [0.717, 1.165) is 36.5 Å². The molecule has 0 aliphatic rings. The van der Waals surface area contributed by atoms with Gasteiger partial charge in [0, 0.05) is 25.2 Å². The van der Waals surface area contributed by atoms with E-state index >= 15 is 0 Å². The third kappa shape index (κ3) is 3.10. The van der Waals surface area contributed by atoms with Gasteiger partial charge in [-0.05, 0) is 39.3 Å². The van der Waals surface area contributed by atoms with Gasteiger partial charge in [0.05, 0.1) is 23.1 Å². The lowest BCUT2D eigenvalue weighted by Gasteiger charge is -2.12. The van der Waals surface area contributed by atoms with Gasteiger partial charge in [0.2, 0.25) is 0 Å². The van der Waals surface area contributed by atoms with Crippen LogP contribution in [0.2, 0.25) is 0 Å². The van der Waals surface area contributed by atoms with Crippen molar-refractivity contribution >= 4 is 0 Å². The third-order valence-corrected chi connectivity index (χ3v) is 3.53. The normalized spacial score (nSPS) is 13.1. The Morgan fingerprint density at radius 3 is 2.50 bits per heavy atom. The van der Waals surface area contributed by atoms with Gasteiger partial charge >= 0.3 is 0 Å². The van der Waals surface area contributed by atoms with Crippen molar-refractivity contribution in [2.24, 2.45) is 5.73 Å². The van der Waals surface area contributed by atoms with Gasteiger partial charge in [-0.3, -0.25) is 9.36 Å². The molecule has 2 heterocycles. The Kier molecular flexibility index (Phi) is 4.60. The molecule has 5 heteroatoms. The van der Waals surface area contributed by atoms with Gasteiger partial charge in [0.15, 0.2) is 0 Å². The van der Waals surface area contributed by atoms with E-state index in [2.05, 4.69) is 44.0 Å². The van der Waals surface area contributed by atoms with Crippen LogP contribution in [0.4, 0.5) is 0 Å². The summed E-state index contributed by atoms with van der Waals surface area (Å²) in [5.74, 6) is 0. The predicted molar refractivity (Wildman–Crippen MR) is 80.5 cm³/mol. The molecule has 0 saturated carbocycles. The Balaban J connectivity index is 2.14. The van der Waals surface area contributed by atoms with Gasteiger partial charge in [-0.25, -0.2) is 0 Å². The fourth-order valence-electron chi connectivity index (χ4n) is 2.32. The molecular formula is C15H25N5. The van der Waals surface area contributed by atoms with Crippen molar-refractivity contribution in [2.75, 3.05) is 0 Å². The van der Waals surface area contributed by atoms with E-state index in [1.807, 2.05) is 21.6 Å². The van der Waals surface area contributed by atoms with E-state index in [0.29, 0.717) is 6.04 Å². The SMILES string of the molecule is CCc1cc(C(N)Cc2ccn(C(C)C)n2)n(CC)n1. The molecule has 0 amide bonds. The van der Waals surface area contributed by atoms with Crippen LogP contribution in [-0.4, -0.2) is 19.6 Å². The lowest BCUT2D eigenvalue weighted by molar-refractivity contribution is 0.517. The molecule has 2 aromatic heterocycles. The molecule has 0 fully saturated rings. The second kappa shape index (κ2) is 6.22. The monoisotopic (exact) mass is 275 g/mol. The number of nitrogens with zero attached hydrogens (tertiary/aromatic N) is 4. The van der Waals surface area contributed by atoms with Gasteiger partial charge in [0.25, 0.3) is 0 Å². The first-order valence-corrected chi connectivity index (χ1v) is 7.41. The molecule has 20 heavy (non-hydrogen) atoms. The zero-order valence-electron chi connectivity index (χ0n) is 12.9. The topological polar surface area (TPSA) is 61.7 Å². The number of rotatable bonds is 6. The summed E-state index contributed by atoms with van der Waals surface area (Å²) in [7, 11) is 0. The second-order valence-electron chi connectivity index (χ2n) is 5.42. The Morgan fingerprint density at radius 1 is 1.20 bits per heavy atom. The summed E-state index contributed by atoms with van der Waals surface area (Å²) in [6.45, 7) is 9.30. The van der Waals surface area contributed by atoms with Crippen molar-refractivity contribution < 1.29 is 0 Å². The van der Waals surface area contributed by atoms with Crippen LogP contribution in [-0.2, 0) is 19.4 Å². The lowest BCUT2D eigenvalue weighted by Crippen LogP contribution is -2.18. The molecule has 0 saturated heterocycles. The van der Waals surface area contributed by atoms with Crippen LogP contribution in [0, 0.1) is 0 Å². The quantitative estimate of drug-likeness (QED) is 0.881. The summed E-state index contributed by atoms with van der Waals surface area (Å²) < 4.78 is 3.97. The van der Waals surface area contributed by atoms with Crippen LogP contribution in [0.1, 0.15) is 56.9 Å². The van der Waals surface area contributed by atoms with Crippen LogP contribution in [0.3, 0.4) is 0 Å². The van der Waals surface area contributed by atoms with Crippen LogP contribution in [0.5, 0.6) is 0 Å². The molecule has 0 aliphatic carbocycles. The molecule has 2 N–H and O–H groups in total. The van der Waals surface area contributed by atoms with E-state index in [-0.39, 0.29) is 6.04 Å². The van der Waals surface area contributed by atoms with Gasteiger partial charge in [0.1, 0.15) is 0 Å². The maximum atomic E-state index is 6.35. The molecule has 0 radical (unpaired) electrons. The minimum Gasteiger partial charge on any atom is -0.322 e. The molecule has 2 aromatic rings. The molecule has 110 valence electrons. The first-order chi connectivity index (χ1) is 9.55. The molecule has 0 aliphatic heterocycles. The summed E-state index contributed by atoms with van der Waals surface area (Å²) in [5.41, 5.74) is 9.58. The summed E-state index contributed by atoms with van der Waals surface area (Å²) in [5, 5.41) is 9.12. The zero-order chi connectivity index (χ0) is 14.7. The molecule has 1 unspecified atom stereocenters. The largest absolute Gasteiger partial charge is 0.322 e. The predicted octanol–water partition coefficient (Wildman–Crippen LogP) is 2.49. The highest BCUT2D eigenvalue weighted by molar-refractivity contribution is 5.16. The van der Waals surface area contributed by atoms with E-state index in [1.165, 1.54) is 0 Å². The van der Waals surface area contributed by atoms with Crippen LogP contribution in [0.15, 0.2) is 18.3 Å². The Morgan fingerprint density at radius 2 is 1.95 bits per heavy atom. The number of aromatic nitrogens is 4. The summed E-state index contributed by atoms with van der Waals surface area (Å²) in [4.78, 5) is 0. The Labute approximate surface area is 120 Å². The lowest BCUT2D eigenvalue weighted by atomic mass is 10.1. The first-order valence-electron chi connectivity index (χ1n) is 7.41. The second-order valence-corrected chi connectivity index (χ2v) is 5.42. The van der Waals surface area contributed by atoms with Crippen molar-refractivity contribution in [1.82, 2.24) is 19.6 Å². The average molecular weight is 275 g/mol. The van der Waals surface area contributed by atoms with Crippen LogP contribution in [0.25, 0.3) is 0 Å². The summed E-state index contributed by atoms with van der Waals surface area (Å²) in [6, 6.07) is 4.49. The van der Waals surface area contributed by atoms with E-state index < -0.39 is 0 Å². The van der Waals surface area contributed by atoms with Crippen molar-refractivity contribution in [1.29, 1.82) is 0 Å². The van der Waals surface area contributed by atoms with Crippen LogP contribution < -0.4 is 5.73 Å². The molecule has 0 aromatic carbocycles. The smallest absolute Gasteiger partial charge is 0.0644 e. The highest BCUT2D eigenvalue weighted by Crippen LogP contribution is 2.17. The van der Waals surface area contributed by atoms with E-state index in [9.17, 15) is 0 Å². The standard InChI is InChI=1S/C15H25N5/c1-5-12-10-15(19(6-2)17-12)14(16)9-13-7-8-20(18-13)11(3)4/h7-8,10-11,14H,5-6,9,16H2,1-4H3. The Bertz CT molecular complexity index is 552. The average Bonchev–Trinajstić information content (AvgIpc) is 3.04. The van der Waals surface area contributed by atoms with Crippen molar-refractivity contribution in [2.45, 2.75) is 59.2 Å². The minimum absolute atomic E-state index is 0.0572. The molecule has 0 bridgehead atoms. The zero-order valence-corrected chi connectivity index (χ0v) is 12.9. The third-order valence-electron chi connectivity index (χ3n) is 3.53. The fraction of sp³-hybridized carbons (Fsp3) is 0.600. The highest BCUT2D eigenvalue weighted by atomic mass is 15.3. The van der Waals surface area contributed by atoms with E-state index in [1.54, 1.807) is 0 Å². The van der Waals surface area contributed by atoms with Crippen molar-refractivity contribution in [3.63, 3.8) is 0 Å². The Hall–Kier alpha value is -1.62. The van der Waals surface area contributed by atoms with Crippen molar-refractivity contribution in [3.8, 4) is 0 Å². The van der Waals surface area contributed by atoms with Gasteiger partial charge in [-0.1, -0.05) is 6.92 Å². The fourth-order valence-corrected chi connectivity index (χ4v) is 2.32. The van der Waals surface area contributed by atoms with Gasteiger partial charge < -0.3 is 5.73 Å². The summed E-state index contributed by atoms with van der Waals surface area (Å²) >= 11 is 0. The first kappa shape index (κ1) is 14.8. The molecule has 5 nitrogen and oxygen atoms in total. The van der Waals surface area contributed by atoms with Crippen molar-refractivity contribution in [3.05, 3.63) is 35.4 Å². The molecule has 1 atom stereocenters. The maximum Gasteiger partial charge on any atom is 0.0644 e. The molecule has 0 spiro atoms. The maximum absolute atomic E-state index is 6.35. The van der Waals surface area contributed by atoms with Crippen LogP contribution >= 0.6 is 0 Å². The van der Waals surface area contributed by atoms with E-state index in [4.69, 9.17) is 5.73 Å². The van der Waals surface area contributed by atoms with Gasteiger partial charge in [-0.15, -0.1) is 0 Å². The number of hydrogen-bond acceptors (Lipinski definition) is 3. The summed E-state index contributed by atoms with van der Waals surface area (Å²) in [6.07, 6.45) is 3.70. The highest BCUT2D eigenvalue weighted by Gasteiger charge is 2.15. The number of aryl methyl sites for hydroxylation is 2. The molecule has 2 rings (SSSR count).